The van der Waals surface area contributed by atoms with E-state index in [0.29, 0.717) is 0 Å². The van der Waals surface area contributed by atoms with E-state index in [2.05, 4.69) is 21.3 Å². The SMILES string of the molecule is CC(=O)N[C@H]1[C@H](O[C@H]2[C@H](O)[C@@H](NC(C)=O)C(O)O[C@@H]2CO[C@@H]2O[C@@H](C)[C@@H](O)[C@@H](O)[C@@H]2O)O[C@H](CO)[C@@H](O[C@@H]2O[C@H](CO)[C@@H](O)[C@H](O[C@H]3O[C@H](CO)[C@@H](O)[C@H](O)[C@@H]3O[C@@H]3O[C@H](CO)[C@@H](O[C@@H]4O[C@H](CO)[C@H](O)[C@H](O)[C@H]4NC(C)=O)[C@H](O)[C@H]3NC(C)=O)[C@@H]2O)[C@@H]1O. The minimum absolute atomic E-state index is 0.752. The van der Waals surface area contributed by atoms with Gasteiger partial charge in [-0.05, 0) is 6.92 Å². The molecule has 0 aromatic heterocycles. The summed E-state index contributed by atoms with van der Waals surface area (Å²) in [6.07, 6.45) is -58.7. The molecule has 0 aliphatic carbocycles. The Morgan fingerprint density at radius 2 is 0.674 bits per heavy atom. The predicted octanol–water partition coefficient (Wildman–Crippen LogP) is -14.7. The van der Waals surface area contributed by atoms with Crippen molar-refractivity contribution in [2.45, 2.75) is 249 Å². The zero-order valence-electron chi connectivity index (χ0n) is 48.4. The number of carbonyl (C=O) groups is 4. The molecule has 0 aromatic rings. The minimum Gasteiger partial charge on any atom is -0.394 e. The van der Waals surface area contributed by atoms with Crippen LogP contribution in [0.4, 0.5) is 0 Å². The lowest BCUT2D eigenvalue weighted by Gasteiger charge is -2.51. The number of aliphatic hydroxyl groups excluding tert-OH is 18. The molecule has 0 radical (unpaired) electrons. The van der Waals surface area contributed by atoms with E-state index in [1.807, 2.05) is 0 Å². The standard InChI is InChI=1S/C50H84N4O35/c1-12-27(64)35(72)37(74)48(78-12)77-11-22-41(32(69)23(44(76)79-22)51-13(2)60)86-46-25(53-15(4)62)34(71)40(21(10-59)83-46)87-49-38(75)42(30(67)19(8-57)81-49)88-50-43(36(73)29(66)18(7-56)82-50)89-47-26(54-16(5)63)33(70)39(20(9-58)84-47)85-45-24(52-14(3)61)31(68)28(65)17(6-55)80-45/h12,17-50,55-59,64-76H,6-11H2,1-5H3,(H,51,60)(H,52,61)(H,53,62)(H,54,63)/t12-,17+,18+,19+,20+,21+,22+,23+,24+,25+,26+,27+,28-,29+,30+,31+,32+,33+,34+,35+,36-,37-,38-,39+,40+,41+,42-,43-,44?,45-,46-,47-,48+,49-,50+/m0/s1. The van der Waals surface area contributed by atoms with Crippen LogP contribution in [0.1, 0.15) is 34.6 Å². The van der Waals surface area contributed by atoms with E-state index >= 15 is 0 Å². The molecule has 7 aliphatic rings. The van der Waals surface area contributed by atoms with Crippen LogP contribution in [0.25, 0.3) is 0 Å². The van der Waals surface area contributed by atoms with Crippen LogP contribution in [0.15, 0.2) is 0 Å². The lowest BCUT2D eigenvalue weighted by Crippen LogP contribution is -2.71. The van der Waals surface area contributed by atoms with Gasteiger partial charge in [-0.2, -0.15) is 0 Å². The summed E-state index contributed by atoms with van der Waals surface area (Å²) in [7, 11) is 0. The molecule has 7 fully saturated rings. The van der Waals surface area contributed by atoms with E-state index < -0.39 is 278 Å². The van der Waals surface area contributed by atoms with Crippen molar-refractivity contribution in [2.24, 2.45) is 0 Å². The fourth-order valence-electron chi connectivity index (χ4n) is 11.4. The monoisotopic (exact) mass is 1300 g/mol. The van der Waals surface area contributed by atoms with Gasteiger partial charge in [-0.3, -0.25) is 19.2 Å². The summed E-state index contributed by atoms with van der Waals surface area (Å²) in [5.74, 6) is -3.27. The van der Waals surface area contributed by atoms with E-state index in [4.69, 9.17) is 61.6 Å². The van der Waals surface area contributed by atoms with Gasteiger partial charge in [-0.15, -0.1) is 0 Å². The number of rotatable bonds is 22. The second-order valence-electron chi connectivity index (χ2n) is 22.5. The molecular weight excluding hydrogens is 1220 g/mol. The molecule has 0 saturated carbocycles. The Balaban J connectivity index is 1.12. The van der Waals surface area contributed by atoms with Crippen molar-refractivity contribution in [1.82, 2.24) is 21.3 Å². The van der Waals surface area contributed by atoms with Gasteiger partial charge in [0.05, 0.1) is 45.7 Å². The minimum atomic E-state index is -2.33. The van der Waals surface area contributed by atoms with Gasteiger partial charge in [0.25, 0.3) is 0 Å². The number of carbonyl (C=O) groups excluding carboxylic acids is 4. The third-order valence-corrected chi connectivity index (χ3v) is 16.1. The van der Waals surface area contributed by atoms with Crippen LogP contribution in [-0.2, 0) is 80.8 Å². The number of hydrogen-bond donors (Lipinski definition) is 22. The Hall–Kier alpha value is -3.36. The molecule has 0 aromatic carbocycles. The topological polar surface area (TPSA) is 601 Å². The zero-order chi connectivity index (χ0) is 65.8. The molecule has 0 bridgehead atoms. The van der Waals surface area contributed by atoms with Crippen molar-refractivity contribution in [1.29, 1.82) is 0 Å². The van der Waals surface area contributed by atoms with Crippen LogP contribution in [0.5, 0.6) is 0 Å². The molecule has 39 nitrogen and oxygen atoms in total. The molecule has 4 amide bonds. The van der Waals surface area contributed by atoms with E-state index in [9.17, 15) is 111 Å². The molecule has 35 atom stereocenters. The molecule has 39 heteroatoms. The van der Waals surface area contributed by atoms with Crippen molar-refractivity contribution in [3.8, 4) is 0 Å². The van der Waals surface area contributed by atoms with Crippen LogP contribution in [0.3, 0.4) is 0 Å². The molecule has 7 heterocycles. The van der Waals surface area contributed by atoms with Crippen LogP contribution in [-0.4, -0.2) is 370 Å². The maximum absolute atomic E-state index is 12.8. The lowest BCUT2D eigenvalue weighted by molar-refractivity contribution is -0.394. The number of ether oxygens (including phenoxy) is 13. The Morgan fingerprint density at radius 1 is 0.315 bits per heavy atom. The van der Waals surface area contributed by atoms with Gasteiger partial charge in [-0.25, -0.2) is 0 Å². The van der Waals surface area contributed by atoms with E-state index in [-0.39, 0.29) is 0 Å². The quantitative estimate of drug-likeness (QED) is 0.0479. The van der Waals surface area contributed by atoms with Gasteiger partial charge in [0.2, 0.25) is 23.6 Å². The normalized spacial score (nSPS) is 48.0. The largest absolute Gasteiger partial charge is 0.394 e. The van der Waals surface area contributed by atoms with Gasteiger partial charge in [0.1, 0.15) is 165 Å². The Labute approximate surface area is 505 Å². The summed E-state index contributed by atoms with van der Waals surface area (Å²) in [6, 6.07) is -6.87. The van der Waals surface area contributed by atoms with Crippen molar-refractivity contribution in [3.05, 3.63) is 0 Å². The molecule has 7 aliphatic heterocycles. The summed E-state index contributed by atoms with van der Waals surface area (Å²) < 4.78 is 76.2. The van der Waals surface area contributed by atoms with Gasteiger partial charge in [0, 0.05) is 27.7 Å². The first-order chi connectivity index (χ1) is 42.0. The summed E-state index contributed by atoms with van der Waals surface area (Å²) >= 11 is 0. The average Bonchev–Trinajstić information content (AvgIpc) is 1.06. The van der Waals surface area contributed by atoms with Gasteiger partial charge >= 0.3 is 0 Å². The van der Waals surface area contributed by atoms with Crippen molar-refractivity contribution in [2.75, 3.05) is 39.6 Å². The van der Waals surface area contributed by atoms with Crippen molar-refractivity contribution >= 4 is 23.6 Å². The van der Waals surface area contributed by atoms with Crippen molar-refractivity contribution < 1.29 is 173 Å². The van der Waals surface area contributed by atoms with E-state index in [1.165, 1.54) is 6.92 Å². The zero-order valence-corrected chi connectivity index (χ0v) is 48.4. The van der Waals surface area contributed by atoms with Crippen LogP contribution in [0.2, 0.25) is 0 Å². The predicted molar refractivity (Wildman–Crippen MR) is 277 cm³/mol. The second kappa shape index (κ2) is 31.7. The first-order valence-corrected chi connectivity index (χ1v) is 28.5. The maximum Gasteiger partial charge on any atom is 0.217 e. The van der Waals surface area contributed by atoms with Crippen LogP contribution >= 0.6 is 0 Å². The number of nitrogens with one attached hydrogen (secondary N) is 4. The summed E-state index contributed by atoms with van der Waals surface area (Å²) in [4.78, 5) is 49.9. The highest BCUT2D eigenvalue weighted by atomic mass is 16.8. The highest BCUT2D eigenvalue weighted by molar-refractivity contribution is 5.74. The smallest absolute Gasteiger partial charge is 0.217 e. The Morgan fingerprint density at radius 3 is 1.15 bits per heavy atom. The van der Waals surface area contributed by atoms with Gasteiger partial charge in [-0.1, -0.05) is 0 Å². The summed E-state index contributed by atoms with van der Waals surface area (Å²) in [6.45, 7) is -0.484. The van der Waals surface area contributed by atoms with E-state index in [1.54, 1.807) is 0 Å². The number of aliphatic hydroxyl groups is 18. The fourth-order valence-corrected chi connectivity index (χ4v) is 11.4. The molecule has 1 unspecified atom stereocenters. The number of hydrogen-bond acceptors (Lipinski definition) is 35. The van der Waals surface area contributed by atoms with E-state index in [0.717, 1.165) is 27.7 Å². The first-order valence-electron chi connectivity index (χ1n) is 28.5. The fraction of sp³-hybridized carbons (Fsp3) is 0.920. The molecule has 22 N–H and O–H groups in total. The van der Waals surface area contributed by atoms with Crippen molar-refractivity contribution in [3.63, 3.8) is 0 Å². The third-order valence-electron chi connectivity index (χ3n) is 16.1. The summed E-state index contributed by atoms with van der Waals surface area (Å²) in [5.41, 5.74) is 0. The second-order valence-corrected chi connectivity index (χ2v) is 22.5. The highest BCUT2D eigenvalue weighted by Crippen LogP contribution is 2.38. The van der Waals surface area contributed by atoms with Gasteiger partial charge in [0.15, 0.2) is 44.0 Å². The molecule has 89 heavy (non-hydrogen) atoms. The maximum atomic E-state index is 12.8. The first kappa shape index (κ1) is 73.1. The van der Waals surface area contributed by atoms with Crippen LogP contribution < -0.4 is 21.3 Å². The molecule has 7 saturated heterocycles. The number of amides is 4. The van der Waals surface area contributed by atoms with Crippen LogP contribution in [0, 0.1) is 0 Å². The summed E-state index contributed by atoms with van der Waals surface area (Å²) in [5, 5.41) is 207. The Kier molecular flexibility index (Phi) is 26.0. The Bertz CT molecular complexity index is 2290. The highest BCUT2D eigenvalue weighted by Gasteiger charge is 2.59. The van der Waals surface area contributed by atoms with Gasteiger partial charge < -0.3 is 175 Å². The molecular formula is C50H84N4O35. The molecule has 514 valence electrons. The third kappa shape index (κ3) is 16.4. The molecule has 0 spiro atoms. The molecule has 7 rings (SSSR count). The lowest BCUT2D eigenvalue weighted by atomic mass is 9.93. The average molecular weight is 1300 g/mol.